The smallest absolute Gasteiger partial charge is 0.251 e. The zero-order valence-corrected chi connectivity index (χ0v) is 17.3. The van der Waals surface area contributed by atoms with E-state index in [1.54, 1.807) is 31.4 Å². The van der Waals surface area contributed by atoms with Crippen molar-refractivity contribution in [1.29, 1.82) is 0 Å². The summed E-state index contributed by atoms with van der Waals surface area (Å²) in [7, 11) is 1.63. The third-order valence-corrected chi connectivity index (χ3v) is 5.07. The molecule has 0 bridgehead atoms. The van der Waals surface area contributed by atoms with E-state index in [1.165, 1.54) is 0 Å². The molecule has 0 aliphatic carbocycles. The van der Waals surface area contributed by atoms with Crippen molar-refractivity contribution in [1.82, 2.24) is 5.32 Å². The summed E-state index contributed by atoms with van der Waals surface area (Å²) < 4.78 is 11.0. The van der Waals surface area contributed by atoms with Crippen LogP contribution in [-0.2, 0) is 6.61 Å². The van der Waals surface area contributed by atoms with Gasteiger partial charge in [-0.3, -0.25) is 4.79 Å². The fraction of sp³-hybridized carbons (Fsp3) is 0.208. The van der Waals surface area contributed by atoms with E-state index in [-0.39, 0.29) is 11.9 Å². The average molecular weight is 410 g/mol. The summed E-state index contributed by atoms with van der Waals surface area (Å²) in [6.07, 6.45) is 0.789. The first kappa shape index (κ1) is 20.7. The molecule has 0 saturated carbocycles. The fourth-order valence-electron chi connectivity index (χ4n) is 2.98. The lowest BCUT2D eigenvalue weighted by molar-refractivity contribution is 0.0935. The van der Waals surface area contributed by atoms with Crippen LogP contribution < -0.4 is 14.8 Å². The molecule has 4 nitrogen and oxygen atoms in total. The zero-order chi connectivity index (χ0) is 20.6. The third-order valence-electron chi connectivity index (χ3n) is 4.70. The Kier molecular flexibility index (Phi) is 7.14. The van der Waals surface area contributed by atoms with Gasteiger partial charge in [0.2, 0.25) is 0 Å². The topological polar surface area (TPSA) is 47.6 Å². The van der Waals surface area contributed by atoms with Crippen molar-refractivity contribution in [2.45, 2.75) is 26.0 Å². The summed E-state index contributed by atoms with van der Waals surface area (Å²) in [5.74, 6) is 1.36. The number of ether oxygens (including phenoxy) is 2. The highest BCUT2D eigenvalue weighted by Crippen LogP contribution is 2.22. The summed E-state index contributed by atoms with van der Waals surface area (Å²) in [4.78, 5) is 12.7. The number of carbonyl (C=O) groups excluding carboxylic acids is 1. The predicted octanol–water partition coefficient (Wildman–Crippen LogP) is 5.81. The third kappa shape index (κ3) is 5.52. The molecule has 0 heterocycles. The molecule has 3 aromatic carbocycles. The zero-order valence-electron chi connectivity index (χ0n) is 16.5. The van der Waals surface area contributed by atoms with E-state index < -0.39 is 0 Å². The summed E-state index contributed by atoms with van der Waals surface area (Å²) >= 11 is 6.15. The number of carbonyl (C=O) groups is 1. The van der Waals surface area contributed by atoms with Gasteiger partial charge in [-0.25, -0.2) is 0 Å². The molecule has 0 radical (unpaired) electrons. The van der Waals surface area contributed by atoms with Crippen LogP contribution in [0.2, 0.25) is 5.02 Å². The maximum absolute atomic E-state index is 12.7. The number of hydrogen-bond donors (Lipinski definition) is 1. The number of halogens is 1. The van der Waals surface area contributed by atoms with Crippen LogP contribution in [0.3, 0.4) is 0 Å². The maximum Gasteiger partial charge on any atom is 0.251 e. The minimum Gasteiger partial charge on any atom is -0.497 e. The van der Waals surface area contributed by atoms with Crippen LogP contribution in [0.5, 0.6) is 11.5 Å². The van der Waals surface area contributed by atoms with Gasteiger partial charge in [-0.1, -0.05) is 48.9 Å². The lowest BCUT2D eigenvalue weighted by Gasteiger charge is -2.18. The Labute approximate surface area is 176 Å². The predicted molar refractivity (Wildman–Crippen MR) is 116 cm³/mol. The maximum atomic E-state index is 12.7. The van der Waals surface area contributed by atoms with Crippen LogP contribution in [-0.4, -0.2) is 13.0 Å². The van der Waals surface area contributed by atoms with Crippen LogP contribution in [0.4, 0.5) is 0 Å². The van der Waals surface area contributed by atoms with Crippen molar-refractivity contribution in [2.24, 2.45) is 0 Å². The van der Waals surface area contributed by atoms with E-state index in [4.69, 9.17) is 21.1 Å². The molecule has 1 amide bonds. The van der Waals surface area contributed by atoms with Crippen LogP contribution in [0.15, 0.2) is 72.8 Å². The van der Waals surface area contributed by atoms with Crippen molar-refractivity contribution >= 4 is 17.5 Å². The van der Waals surface area contributed by atoms with E-state index in [0.717, 1.165) is 23.3 Å². The Hall–Kier alpha value is -2.98. The van der Waals surface area contributed by atoms with Gasteiger partial charge in [0.15, 0.2) is 0 Å². The number of rotatable bonds is 8. The number of benzene rings is 3. The van der Waals surface area contributed by atoms with Gasteiger partial charge in [0.25, 0.3) is 5.91 Å². The van der Waals surface area contributed by atoms with Gasteiger partial charge in [0.1, 0.15) is 18.1 Å². The van der Waals surface area contributed by atoms with Crippen LogP contribution >= 0.6 is 11.6 Å². The second-order valence-corrected chi connectivity index (χ2v) is 7.02. The second-order valence-electron chi connectivity index (χ2n) is 6.61. The molecule has 3 rings (SSSR count). The van der Waals surface area contributed by atoms with E-state index in [1.807, 2.05) is 55.5 Å². The van der Waals surface area contributed by atoms with Gasteiger partial charge in [0.05, 0.1) is 13.2 Å². The summed E-state index contributed by atoms with van der Waals surface area (Å²) in [6.45, 7) is 2.42. The van der Waals surface area contributed by atoms with E-state index in [9.17, 15) is 4.79 Å². The van der Waals surface area contributed by atoms with Crippen LogP contribution in [0.1, 0.15) is 40.9 Å². The Bertz CT molecular complexity index is 939. The largest absolute Gasteiger partial charge is 0.497 e. The van der Waals surface area contributed by atoms with Crippen molar-refractivity contribution in [2.75, 3.05) is 7.11 Å². The van der Waals surface area contributed by atoms with Crippen LogP contribution in [0.25, 0.3) is 0 Å². The Morgan fingerprint density at radius 1 is 0.966 bits per heavy atom. The van der Waals surface area contributed by atoms with E-state index >= 15 is 0 Å². The average Bonchev–Trinajstić information content (AvgIpc) is 2.77. The van der Waals surface area contributed by atoms with Crippen molar-refractivity contribution < 1.29 is 14.3 Å². The lowest BCUT2D eigenvalue weighted by Crippen LogP contribution is -2.28. The van der Waals surface area contributed by atoms with Gasteiger partial charge in [-0.2, -0.15) is 0 Å². The molecule has 0 aliphatic rings. The molecule has 1 unspecified atom stereocenters. The number of methoxy groups -OCH3 is 1. The second kappa shape index (κ2) is 9.99. The first-order chi connectivity index (χ1) is 14.1. The van der Waals surface area contributed by atoms with Gasteiger partial charge in [-0.15, -0.1) is 0 Å². The first-order valence-electron chi connectivity index (χ1n) is 9.51. The van der Waals surface area contributed by atoms with E-state index in [2.05, 4.69) is 5.32 Å². The number of nitrogens with one attached hydrogen (secondary N) is 1. The minimum absolute atomic E-state index is 0.0652. The number of amides is 1. The summed E-state index contributed by atoms with van der Waals surface area (Å²) in [6, 6.07) is 22.3. The lowest BCUT2D eigenvalue weighted by atomic mass is 10.0. The number of hydrogen-bond acceptors (Lipinski definition) is 3. The molecule has 1 atom stereocenters. The summed E-state index contributed by atoms with van der Waals surface area (Å²) in [5, 5.41) is 3.76. The fourth-order valence-corrected chi connectivity index (χ4v) is 3.17. The first-order valence-corrected chi connectivity index (χ1v) is 9.89. The van der Waals surface area contributed by atoms with E-state index in [0.29, 0.717) is 22.9 Å². The Morgan fingerprint density at radius 2 is 1.62 bits per heavy atom. The molecule has 5 heteroatoms. The highest BCUT2D eigenvalue weighted by molar-refractivity contribution is 6.31. The normalized spacial score (nSPS) is 11.6. The van der Waals surface area contributed by atoms with Crippen molar-refractivity contribution in [3.05, 3.63) is 94.5 Å². The van der Waals surface area contributed by atoms with Crippen molar-refractivity contribution in [3.63, 3.8) is 0 Å². The molecule has 0 saturated heterocycles. The molecule has 150 valence electrons. The van der Waals surface area contributed by atoms with Crippen molar-refractivity contribution in [3.8, 4) is 11.5 Å². The molecule has 0 aromatic heterocycles. The highest BCUT2D eigenvalue weighted by atomic mass is 35.5. The Morgan fingerprint density at radius 3 is 2.24 bits per heavy atom. The quantitative estimate of drug-likeness (QED) is 0.510. The molecular weight excluding hydrogens is 386 g/mol. The molecule has 0 aliphatic heterocycles. The standard InChI is InChI=1S/C24H24ClNO3/c1-3-23(17-8-12-20(28-2)13-9-17)26-24(27)18-10-14-21(15-11-18)29-16-19-6-4-5-7-22(19)25/h4-15,23H,3,16H2,1-2H3,(H,26,27). The molecular formula is C24H24ClNO3. The molecule has 0 fully saturated rings. The Balaban J connectivity index is 1.60. The molecule has 1 N–H and O–H groups in total. The molecule has 29 heavy (non-hydrogen) atoms. The van der Waals surface area contributed by atoms with Gasteiger partial charge < -0.3 is 14.8 Å². The minimum atomic E-state index is -0.120. The van der Waals surface area contributed by atoms with Gasteiger partial charge >= 0.3 is 0 Å². The molecule has 0 spiro atoms. The molecule has 3 aromatic rings. The SMILES string of the molecule is CCC(NC(=O)c1ccc(OCc2ccccc2Cl)cc1)c1ccc(OC)cc1. The van der Waals surface area contributed by atoms with Gasteiger partial charge in [-0.05, 0) is 54.4 Å². The summed E-state index contributed by atoms with van der Waals surface area (Å²) in [5.41, 5.74) is 2.55. The monoisotopic (exact) mass is 409 g/mol. The highest BCUT2D eigenvalue weighted by Gasteiger charge is 2.14. The van der Waals surface area contributed by atoms with Crippen LogP contribution in [0, 0.1) is 0 Å². The van der Waals surface area contributed by atoms with Gasteiger partial charge in [0, 0.05) is 16.1 Å².